The van der Waals surface area contributed by atoms with Crippen LogP contribution in [0, 0.1) is 19.8 Å². The summed E-state index contributed by atoms with van der Waals surface area (Å²) in [7, 11) is 0. The van der Waals surface area contributed by atoms with Gasteiger partial charge in [-0.05, 0) is 44.2 Å². The van der Waals surface area contributed by atoms with E-state index in [0.29, 0.717) is 6.54 Å². The minimum Gasteiger partial charge on any atom is -0.354 e. The van der Waals surface area contributed by atoms with Gasteiger partial charge in [-0.3, -0.25) is 4.79 Å². The summed E-state index contributed by atoms with van der Waals surface area (Å²) in [5.41, 5.74) is 4.95. The van der Waals surface area contributed by atoms with Gasteiger partial charge in [0.25, 0.3) is 0 Å². The third kappa shape index (κ3) is 3.06. The number of benzene rings is 1. The minimum absolute atomic E-state index is 0.112. The number of aromatic nitrogens is 2. The van der Waals surface area contributed by atoms with Gasteiger partial charge >= 0.3 is 0 Å². The second-order valence-electron chi connectivity index (χ2n) is 6.11. The lowest BCUT2D eigenvalue weighted by molar-refractivity contribution is -0.125. The topological polar surface area (TPSA) is 46.9 Å². The van der Waals surface area contributed by atoms with Crippen LogP contribution in [0.2, 0.25) is 0 Å². The molecular formula is C18H23N3O. The van der Waals surface area contributed by atoms with Crippen LogP contribution < -0.4 is 5.32 Å². The molecule has 0 saturated carbocycles. The summed E-state index contributed by atoms with van der Waals surface area (Å²) in [4.78, 5) is 16.6. The van der Waals surface area contributed by atoms with Gasteiger partial charge in [0.05, 0.1) is 12.0 Å². The van der Waals surface area contributed by atoms with Crippen molar-refractivity contribution in [1.29, 1.82) is 0 Å². The molecule has 1 aromatic carbocycles. The summed E-state index contributed by atoms with van der Waals surface area (Å²) in [5.74, 6) is 0.296. The Morgan fingerprint density at radius 2 is 2.09 bits per heavy atom. The fourth-order valence-corrected chi connectivity index (χ4v) is 3.14. The highest BCUT2D eigenvalue weighted by molar-refractivity contribution is 5.79. The highest BCUT2D eigenvalue weighted by Gasteiger charge is 2.23. The van der Waals surface area contributed by atoms with Crippen molar-refractivity contribution in [2.75, 3.05) is 6.54 Å². The molecule has 3 rings (SSSR count). The van der Waals surface area contributed by atoms with Crippen LogP contribution in [0.1, 0.15) is 28.9 Å². The quantitative estimate of drug-likeness (QED) is 0.942. The molecule has 0 spiro atoms. The van der Waals surface area contributed by atoms with E-state index < -0.39 is 0 Å². The largest absolute Gasteiger partial charge is 0.354 e. The number of hydrogen-bond acceptors (Lipinski definition) is 2. The molecule has 0 aliphatic heterocycles. The third-order valence-electron chi connectivity index (χ3n) is 4.71. The molecule has 0 fully saturated rings. The van der Waals surface area contributed by atoms with Gasteiger partial charge in [-0.2, -0.15) is 0 Å². The standard InChI is InChI=1S/C18H23N3O/c1-13-14(2)21(12-20-13)10-9-19-18(22)17-8-7-15-5-3-4-6-16(15)11-17/h3-6,12,17H,7-11H2,1-2H3,(H,19,22). The van der Waals surface area contributed by atoms with Gasteiger partial charge in [0.15, 0.2) is 0 Å². The Balaban J connectivity index is 1.52. The number of carbonyl (C=O) groups excluding carboxylic acids is 1. The summed E-state index contributed by atoms with van der Waals surface area (Å²) in [6, 6.07) is 8.46. The molecule has 4 nitrogen and oxygen atoms in total. The van der Waals surface area contributed by atoms with Crippen LogP contribution in [0.5, 0.6) is 0 Å². The van der Waals surface area contributed by atoms with E-state index in [4.69, 9.17) is 0 Å². The zero-order valence-corrected chi connectivity index (χ0v) is 13.3. The van der Waals surface area contributed by atoms with Crippen molar-refractivity contribution in [3.8, 4) is 0 Å². The molecule has 1 heterocycles. The first kappa shape index (κ1) is 14.8. The summed E-state index contributed by atoms with van der Waals surface area (Å²) in [5, 5.41) is 3.08. The molecule has 0 bridgehead atoms. The molecule has 0 saturated heterocycles. The Morgan fingerprint density at radius 1 is 1.32 bits per heavy atom. The van der Waals surface area contributed by atoms with E-state index in [2.05, 4.69) is 46.1 Å². The number of hydrogen-bond donors (Lipinski definition) is 1. The number of rotatable bonds is 4. The predicted octanol–water partition coefficient (Wildman–Crippen LogP) is 2.42. The van der Waals surface area contributed by atoms with E-state index in [9.17, 15) is 4.79 Å². The molecule has 2 aromatic rings. The number of aryl methyl sites for hydroxylation is 2. The van der Waals surface area contributed by atoms with Gasteiger partial charge in [0.1, 0.15) is 0 Å². The molecule has 0 radical (unpaired) electrons. The number of amides is 1. The highest BCUT2D eigenvalue weighted by atomic mass is 16.1. The molecule has 22 heavy (non-hydrogen) atoms. The van der Waals surface area contributed by atoms with Crippen molar-refractivity contribution in [3.05, 3.63) is 53.1 Å². The molecule has 1 atom stereocenters. The van der Waals surface area contributed by atoms with Crippen molar-refractivity contribution in [3.63, 3.8) is 0 Å². The van der Waals surface area contributed by atoms with Gasteiger partial charge < -0.3 is 9.88 Å². The average Bonchev–Trinajstić information content (AvgIpc) is 2.86. The normalized spacial score (nSPS) is 17.1. The Bertz CT molecular complexity index is 675. The monoisotopic (exact) mass is 297 g/mol. The first-order chi connectivity index (χ1) is 10.6. The molecule has 4 heteroatoms. The summed E-state index contributed by atoms with van der Waals surface area (Å²) >= 11 is 0. The van der Waals surface area contributed by atoms with Gasteiger partial charge in [-0.1, -0.05) is 24.3 Å². The lowest BCUT2D eigenvalue weighted by atomic mass is 9.83. The highest BCUT2D eigenvalue weighted by Crippen LogP contribution is 2.25. The third-order valence-corrected chi connectivity index (χ3v) is 4.71. The lowest BCUT2D eigenvalue weighted by Crippen LogP contribution is -2.35. The van der Waals surface area contributed by atoms with Crippen LogP contribution >= 0.6 is 0 Å². The summed E-state index contributed by atoms with van der Waals surface area (Å²) < 4.78 is 2.09. The molecule has 1 aliphatic rings. The number of imidazole rings is 1. The summed E-state index contributed by atoms with van der Waals surface area (Å²) in [6.07, 6.45) is 4.67. The van der Waals surface area contributed by atoms with Crippen LogP contribution in [0.3, 0.4) is 0 Å². The van der Waals surface area contributed by atoms with Gasteiger partial charge in [-0.15, -0.1) is 0 Å². The maximum absolute atomic E-state index is 12.4. The second-order valence-corrected chi connectivity index (χ2v) is 6.11. The van der Waals surface area contributed by atoms with Crippen LogP contribution in [-0.2, 0) is 24.2 Å². The van der Waals surface area contributed by atoms with E-state index >= 15 is 0 Å². The van der Waals surface area contributed by atoms with Crippen molar-refractivity contribution in [1.82, 2.24) is 14.9 Å². The molecule has 1 N–H and O–H groups in total. The van der Waals surface area contributed by atoms with Crippen molar-refractivity contribution in [2.24, 2.45) is 5.92 Å². The van der Waals surface area contributed by atoms with E-state index in [-0.39, 0.29) is 11.8 Å². The number of nitrogens with zero attached hydrogens (tertiary/aromatic N) is 2. The molecular weight excluding hydrogens is 274 g/mol. The van der Waals surface area contributed by atoms with Gasteiger partial charge in [-0.25, -0.2) is 4.98 Å². The fraction of sp³-hybridized carbons (Fsp3) is 0.444. The van der Waals surface area contributed by atoms with Crippen LogP contribution in [-0.4, -0.2) is 22.0 Å². The maximum Gasteiger partial charge on any atom is 0.223 e. The number of nitrogens with one attached hydrogen (secondary N) is 1. The zero-order chi connectivity index (χ0) is 15.5. The van der Waals surface area contributed by atoms with Crippen LogP contribution in [0.15, 0.2) is 30.6 Å². The molecule has 1 amide bonds. The fourth-order valence-electron chi connectivity index (χ4n) is 3.14. The van der Waals surface area contributed by atoms with Gasteiger partial charge in [0.2, 0.25) is 5.91 Å². The average molecular weight is 297 g/mol. The second kappa shape index (κ2) is 6.34. The molecule has 116 valence electrons. The molecule has 1 unspecified atom stereocenters. The Morgan fingerprint density at radius 3 is 2.82 bits per heavy atom. The number of carbonyl (C=O) groups is 1. The lowest BCUT2D eigenvalue weighted by Gasteiger charge is -2.23. The van der Waals surface area contributed by atoms with Crippen LogP contribution in [0.25, 0.3) is 0 Å². The Hall–Kier alpha value is -2.10. The van der Waals surface area contributed by atoms with Gasteiger partial charge in [0, 0.05) is 24.7 Å². The SMILES string of the molecule is Cc1ncn(CCNC(=O)C2CCc3ccccc3C2)c1C. The van der Waals surface area contributed by atoms with E-state index in [1.54, 1.807) is 0 Å². The zero-order valence-electron chi connectivity index (χ0n) is 13.3. The van der Waals surface area contributed by atoms with Crippen molar-refractivity contribution in [2.45, 2.75) is 39.7 Å². The number of fused-ring (bicyclic) bond motifs is 1. The van der Waals surface area contributed by atoms with Crippen molar-refractivity contribution < 1.29 is 4.79 Å². The summed E-state index contributed by atoms with van der Waals surface area (Å²) in [6.45, 7) is 5.50. The van der Waals surface area contributed by atoms with E-state index in [0.717, 1.165) is 31.5 Å². The maximum atomic E-state index is 12.4. The first-order valence-electron chi connectivity index (χ1n) is 7.98. The van der Waals surface area contributed by atoms with Crippen LogP contribution in [0.4, 0.5) is 0 Å². The van der Waals surface area contributed by atoms with E-state index in [1.165, 1.54) is 16.8 Å². The van der Waals surface area contributed by atoms with E-state index in [1.807, 2.05) is 13.3 Å². The molecule has 1 aromatic heterocycles. The Kier molecular flexibility index (Phi) is 4.27. The minimum atomic E-state index is 0.112. The predicted molar refractivity (Wildman–Crippen MR) is 86.7 cm³/mol. The molecule has 1 aliphatic carbocycles. The van der Waals surface area contributed by atoms with Crippen molar-refractivity contribution >= 4 is 5.91 Å². The Labute approximate surface area is 131 Å². The first-order valence-corrected chi connectivity index (χ1v) is 7.98. The smallest absolute Gasteiger partial charge is 0.223 e.